The summed E-state index contributed by atoms with van der Waals surface area (Å²) in [6.07, 6.45) is 2.09. The predicted octanol–water partition coefficient (Wildman–Crippen LogP) is 5.64. The summed E-state index contributed by atoms with van der Waals surface area (Å²) in [4.78, 5) is 0. The van der Waals surface area contributed by atoms with Crippen LogP contribution in [0.5, 0.6) is 5.75 Å². The average Bonchev–Trinajstić information content (AvgIpc) is 2.66. The van der Waals surface area contributed by atoms with Crippen LogP contribution in [0.25, 0.3) is 10.8 Å². The molecule has 0 radical (unpaired) electrons. The van der Waals surface area contributed by atoms with Crippen LogP contribution < -0.4 is 4.74 Å². The van der Waals surface area contributed by atoms with Gasteiger partial charge in [0.25, 0.3) is 0 Å². The fraction of sp³-hybridized carbons (Fsp3) is 0.273. The number of methoxy groups -OCH3 is 1. The summed E-state index contributed by atoms with van der Waals surface area (Å²) in [5.41, 5.74) is 2.00. The van der Waals surface area contributed by atoms with E-state index in [1.54, 1.807) is 18.9 Å². The van der Waals surface area contributed by atoms with E-state index in [1.165, 1.54) is 16.3 Å². The molecule has 0 aliphatic heterocycles. The molecular formula is C22H24O2S. The molecule has 0 aromatic heterocycles. The molecule has 0 aliphatic carbocycles. The van der Waals surface area contributed by atoms with Gasteiger partial charge in [-0.3, -0.25) is 0 Å². The highest BCUT2D eigenvalue weighted by molar-refractivity contribution is 7.98. The first kappa shape index (κ1) is 17.8. The summed E-state index contributed by atoms with van der Waals surface area (Å²) >= 11 is 1.78. The third-order valence-corrected chi connectivity index (χ3v) is 5.37. The number of fused-ring (bicyclic) bond motifs is 1. The lowest BCUT2D eigenvalue weighted by molar-refractivity contribution is 0.0236. The van der Waals surface area contributed by atoms with Crippen molar-refractivity contribution in [2.45, 2.75) is 19.1 Å². The highest BCUT2D eigenvalue weighted by Gasteiger charge is 2.25. The lowest BCUT2D eigenvalue weighted by Gasteiger charge is -2.28. The molecule has 0 saturated carbocycles. The van der Waals surface area contributed by atoms with Gasteiger partial charge >= 0.3 is 0 Å². The van der Waals surface area contributed by atoms with Gasteiger partial charge in [-0.15, -0.1) is 0 Å². The Morgan fingerprint density at radius 2 is 1.72 bits per heavy atom. The van der Waals surface area contributed by atoms with Crippen molar-refractivity contribution in [3.8, 4) is 5.75 Å². The lowest BCUT2D eigenvalue weighted by atomic mass is 9.97. The first-order chi connectivity index (χ1) is 12.1. The van der Waals surface area contributed by atoms with E-state index in [4.69, 9.17) is 9.47 Å². The minimum absolute atomic E-state index is 0.304. The van der Waals surface area contributed by atoms with E-state index in [1.807, 2.05) is 12.1 Å². The number of ether oxygens (including phenoxy) is 2. The van der Waals surface area contributed by atoms with Gasteiger partial charge in [0.15, 0.2) is 0 Å². The van der Waals surface area contributed by atoms with Gasteiger partial charge in [-0.2, -0.15) is 11.8 Å². The molecule has 0 bridgehead atoms. The van der Waals surface area contributed by atoms with Crippen molar-refractivity contribution in [2.24, 2.45) is 0 Å². The van der Waals surface area contributed by atoms with E-state index >= 15 is 0 Å². The van der Waals surface area contributed by atoms with Gasteiger partial charge < -0.3 is 9.47 Å². The van der Waals surface area contributed by atoms with Gasteiger partial charge in [-0.25, -0.2) is 0 Å². The standard InChI is InChI=1S/C22H24O2S/c1-22(23-2,16-25-3)20-9-6-10-21(14-20)24-15-17-11-12-18-7-4-5-8-19(18)13-17/h4-14H,15-16H2,1-3H3. The Morgan fingerprint density at radius 3 is 2.48 bits per heavy atom. The van der Waals surface area contributed by atoms with Crippen LogP contribution in [0.3, 0.4) is 0 Å². The van der Waals surface area contributed by atoms with E-state index < -0.39 is 0 Å². The summed E-state index contributed by atoms with van der Waals surface area (Å²) in [6.45, 7) is 2.67. The highest BCUT2D eigenvalue weighted by Crippen LogP contribution is 2.30. The van der Waals surface area contributed by atoms with Crippen LogP contribution in [0.4, 0.5) is 0 Å². The average molecular weight is 352 g/mol. The van der Waals surface area contributed by atoms with Crippen molar-refractivity contribution in [1.82, 2.24) is 0 Å². The Balaban J connectivity index is 1.75. The number of benzene rings is 3. The quantitative estimate of drug-likeness (QED) is 0.548. The minimum Gasteiger partial charge on any atom is -0.489 e. The van der Waals surface area contributed by atoms with Crippen LogP contribution in [-0.2, 0) is 16.9 Å². The Labute approximate surface area is 154 Å². The van der Waals surface area contributed by atoms with Crippen LogP contribution in [0.15, 0.2) is 66.7 Å². The van der Waals surface area contributed by atoms with E-state index in [2.05, 4.69) is 67.8 Å². The van der Waals surface area contributed by atoms with E-state index in [-0.39, 0.29) is 5.60 Å². The zero-order chi connectivity index (χ0) is 17.7. The molecule has 0 spiro atoms. The lowest BCUT2D eigenvalue weighted by Crippen LogP contribution is -2.27. The summed E-state index contributed by atoms with van der Waals surface area (Å²) in [5, 5.41) is 2.49. The molecule has 0 amide bonds. The topological polar surface area (TPSA) is 18.5 Å². The molecule has 3 aromatic rings. The van der Waals surface area contributed by atoms with E-state index in [0.29, 0.717) is 6.61 Å². The molecule has 0 aliphatic rings. The molecule has 3 aromatic carbocycles. The van der Waals surface area contributed by atoms with E-state index in [0.717, 1.165) is 17.1 Å². The molecule has 0 N–H and O–H groups in total. The third kappa shape index (κ3) is 4.17. The highest BCUT2D eigenvalue weighted by atomic mass is 32.2. The summed E-state index contributed by atoms with van der Waals surface area (Å²) in [6, 6.07) is 23.0. The Morgan fingerprint density at radius 1 is 0.920 bits per heavy atom. The second kappa shape index (κ2) is 7.94. The van der Waals surface area contributed by atoms with Crippen molar-refractivity contribution in [2.75, 3.05) is 19.1 Å². The maximum absolute atomic E-state index is 6.04. The van der Waals surface area contributed by atoms with Gasteiger partial charge in [-0.1, -0.05) is 48.5 Å². The normalized spacial score (nSPS) is 13.6. The molecule has 25 heavy (non-hydrogen) atoms. The summed E-state index contributed by atoms with van der Waals surface area (Å²) in [7, 11) is 1.76. The molecule has 3 rings (SSSR count). The molecule has 0 fully saturated rings. The molecule has 0 saturated heterocycles. The maximum atomic E-state index is 6.04. The second-order valence-electron chi connectivity index (χ2n) is 6.37. The van der Waals surface area contributed by atoms with Crippen LogP contribution in [0.2, 0.25) is 0 Å². The first-order valence-corrected chi connectivity index (χ1v) is 9.79. The van der Waals surface area contributed by atoms with Crippen molar-refractivity contribution >= 4 is 22.5 Å². The fourth-order valence-corrected chi connectivity index (χ4v) is 3.78. The van der Waals surface area contributed by atoms with Crippen molar-refractivity contribution in [3.63, 3.8) is 0 Å². The summed E-state index contributed by atoms with van der Waals surface area (Å²) < 4.78 is 11.8. The van der Waals surface area contributed by atoms with Crippen LogP contribution in [0.1, 0.15) is 18.1 Å². The molecule has 1 atom stereocenters. The van der Waals surface area contributed by atoms with E-state index in [9.17, 15) is 0 Å². The number of hydrogen-bond acceptors (Lipinski definition) is 3. The van der Waals surface area contributed by atoms with Crippen LogP contribution in [0, 0.1) is 0 Å². The smallest absolute Gasteiger partial charge is 0.120 e. The number of thioether (sulfide) groups is 1. The van der Waals surface area contributed by atoms with Crippen LogP contribution >= 0.6 is 11.8 Å². The Bertz CT molecular complexity index is 846. The molecule has 0 heterocycles. The monoisotopic (exact) mass is 352 g/mol. The Kier molecular flexibility index (Phi) is 5.67. The zero-order valence-corrected chi connectivity index (χ0v) is 15.8. The SMILES string of the molecule is COC(C)(CSC)c1cccc(OCc2ccc3ccccc3c2)c1. The molecule has 3 heteroatoms. The first-order valence-electron chi connectivity index (χ1n) is 8.40. The molecule has 130 valence electrons. The zero-order valence-electron chi connectivity index (χ0n) is 15.0. The van der Waals surface area contributed by atoms with Crippen LogP contribution in [-0.4, -0.2) is 19.1 Å². The van der Waals surface area contributed by atoms with Gasteiger partial charge in [0.2, 0.25) is 0 Å². The van der Waals surface area contributed by atoms with Crippen molar-refractivity contribution in [1.29, 1.82) is 0 Å². The molecule has 1 unspecified atom stereocenters. The van der Waals surface area contributed by atoms with Crippen molar-refractivity contribution < 1.29 is 9.47 Å². The summed E-state index contributed by atoms with van der Waals surface area (Å²) in [5.74, 6) is 1.77. The largest absolute Gasteiger partial charge is 0.489 e. The second-order valence-corrected chi connectivity index (χ2v) is 7.23. The number of hydrogen-bond donors (Lipinski definition) is 0. The van der Waals surface area contributed by atoms with Gasteiger partial charge in [0.1, 0.15) is 12.4 Å². The van der Waals surface area contributed by atoms with Gasteiger partial charge in [0.05, 0.1) is 5.60 Å². The third-order valence-electron chi connectivity index (χ3n) is 4.53. The van der Waals surface area contributed by atoms with Gasteiger partial charge in [-0.05, 0) is 53.3 Å². The molecule has 2 nitrogen and oxygen atoms in total. The van der Waals surface area contributed by atoms with Gasteiger partial charge in [0, 0.05) is 12.9 Å². The Hall–Kier alpha value is -1.97. The number of rotatable bonds is 7. The maximum Gasteiger partial charge on any atom is 0.120 e. The molecular weight excluding hydrogens is 328 g/mol. The minimum atomic E-state index is -0.304. The van der Waals surface area contributed by atoms with Crippen molar-refractivity contribution in [3.05, 3.63) is 77.9 Å². The predicted molar refractivity (Wildman–Crippen MR) is 107 cm³/mol. The fourth-order valence-electron chi connectivity index (χ4n) is 2.95.